The Morgan fingerprint density at radius 1 is 1.65 bits per heavy atom. The molecule has 1 saturated carbocycles. The number of aliphatic hydroxyl groups is 1. The molecule has 1 aromatic rings. The summed E-state index contributed by atoms with van der Waals surface area (Å²) in [6, 6.07) is 1.11. The highest BCUT2D eigenvalue weighted by Gasteiger charge is 2.28. The summed E-state index contributed by atoms with van der Waals surface area (Å²) in [6.45, 7) is 3.03. The molecule has 7 heteroatoms. The van der Waals surface area contributed by atoms with Crippen LogP contribution in [0.15, 0.2) is 15.5 Å². The third-order valence-corrected chi connectivity index (χ3v) is 4.47. The highest BCUT2D eigenvalue weighted by molar-refractivity contribution is 9.10. The van der Waals surface area contributed by atoms with Crippen LogP contribution in [0.5, 0.6) is 0 Å². The van der Waals surface area contributed by atoms with Gasteiger partial charge in [-0.1, -0.05) is 0 Å². The minimum Gasteiger partial charge on any atom is -0.394 e. The van der Waals surface area contributed by atoms with E-state index < -0.39 is 0 Å². The molecule has 1 heterocycles. The van der Waals surface area contributed by atoms with Crippen molar-refractivity contribution in [2.24, 2.45) is 0 Å². The van der Waals surface area contributed by atoms with E-state index in [1.165, 1.54) is 17.5 Å². The summed E-state index contributed by atoms with van der Waals surface area (Å²) in [4.78, 5) is 14.3. The van der Waals surface area contributed by atoms with Crippen molar-refractivity contribution in [2.75, 3.05) is 25.5 Å². The highest BCUT2D eigenvalue weighted by Crippen LogP contribution is 2.27. The molecule has 2 N–H and O–H groups in total. The summed E-state index contributed by atoms with van der Waals surface area (Å²) in [6.07, 6.45) is 4.18. The van der Waals surface area contributed by atoms with Gasteiger partial charge in [-0.3, -0.25) is 9.69 Å². The predicted molar refractivity (Wildman–Crippen MR) is 82.0 cm³/mol. The van der Waals surface area contributed by atoms with Gasteiger partial charge in [0.2, 0.25) is 0 Å². The summed E-state index contributed by atoms with van der Waals surface area (Å²) in [7, 11) is 2.14. The summed E-state index contributed by atoms with van der Waals surface area (Å²) < 4.78 is 1.71. The van der Waals surface area contributed by atoms with Crippen LogP contribution in [0.2, 0.25) is 0 Å². The molecule has 0 spiro atoms. The Morgan fingerprint density at radius 3 is 2.95 bits per heavy atom. The van der Waals surface area contributed by atoms with Crippen LogP contribution < -0.4 is 10.9 Å². The van der Waals surface area contributed by atoms with E-state index in [1.54, 1.807) is 6.20 Å². The average molecular weight is 345 g/mol. The lowest BCUT2D eigenvalue weighted by Crippen LogP contribution is -2.36. The maximum absolute atomic E-state index is 12.0. The second-order valence-corrected chi connectivity index (χ2v) is 6.04. The third kappa shape index (κ3) is 3.59. The van der Waals surface area contributed by atoms with Gasteiger partial charge in [0, 0.05) is 18.6 Å². The molecule has 6 nitrogen and oxygen atoms in total. The Kier molecular flexibility index (Phi) is 5.17. The second kappa shape index (κ2) is 6.69. The average Bonchev–Trinajstić information content (AvgIpc) is 3.26. The maximum Gasteiger partial charge on any atom is 0.283 e. The normalized spacial score (nSPS) is 16.4. The van der Waals surface area contributed by atoms with Gasteiger partial charge >= 0.3 is 0 Å². The molecule has 0 aliphatic heterocycles. The van der Waals surface area contributed by atoms with E-state index in [4.69, 9.17) is 5.11 Å². The molecule has 1 unspecified atom stereocenters. The van der Waals surface area contributed by atoms with E-state index in [9.17, 15) is 4.79 Å². The van der Waals surface area contributed by atoms with Gasteiger partial charge < -0.3 is 10.4 Å². The van der Waals surface area contributed by atoms with Gasteiger partial charge in [0.05, 0.1) is 25.0 Å². The fraction of sp³-hybridized carbons (Fsp3) is 0.692. The molecule has 0 saturated heterocycles. The maximum atomic E-state index is 12.0. The van der Waals surface area contributed by atoms with E-state index in [0.717, 1.165) is 6.54 Å². The summed E-state index contributed by atoms with van der Waals surface area (Å²) >= 11 is 3.30. The first kappa shape index (κ1) is 15.5. The molecule has 0 aromatic carbocycles. The van der Waals surface area contributed by atoms with E-state index in [1.807, 2.05) is 0 Å². The zero-order chi connectivity index (χ0) is 14.7. The van der Waals surface area contributed by atoms with Crippen LogP contribution in [-0.2, 0) is 6.54 Å². The first-order valence-electron chi connectivity index (χ1n) is 6.87. The van der Waals surface area contributed by atoms with Crippen molar-refractivity contribution < 1.29 is 5.11 Å². The number of halogens is 1. The minimum atomic E-state index is -0.229. The number of aromatic nitrogens is 2. The molecular weight excluding hydrogens is 324 g/mol. The molecule has 0 radical (unpaired) electrons. The number of nitrogens with zero attached hydrogens (tertiary/aromatic N) is 3. The van der Waals surface area contributed by atoms with Crippen molar-refractivity contribution in [3.63, 3.8) is 0 Å². The van der Waals surface area contributed by atoms with E-state index >= 15 is 0 Å². The van der Waals surface area contributed by atoms with E-state index in [0.29, 0.717) is 22.2 Å². The van der Waals surface area contributed by atoms with Crippen LogP contribution in [-0.4, -0.2) is 52.1 Å². The zero-order valence-electron chi connectivity index (χ0n) is 11.8. The van der Waals surface area contributed by atoms with Gasteiger partial charge in [0.25, 0.3) is 5.56 Å². The Labute approximate surface area is 126 Å². The predicted octanol–water partition coefficient (Wildman–Crippen LogP) is 0.893. The lowest BCUT2D eigenvalue weighted by molar-refractivity contribution is 0.257. The molecule has 1 aromatic heterocycles. The molecular formula is C13H21BrN4O2. The molecule has 1 fully saturated rings. The highest BCUT2D eigenvalue weighted by atomic mass is 79.9. The SMILES string of the molecule is CC(CNc1cnn(CCO)c(=O)c1Br)N(C)C1CC1. The smallest absolute Gasteiger partial charge is 0.283 e. The van der Waals surface area contributed by atoms with Crippen LogP contribution in [0, 0.1) is 0 Å². The van der Waals surface area contributed by atoms with Crippen LogP contribution >= 0.6 is 15.9 Å². The number of hydrogen-bond donors (Lipinski definition) is 2. The van der Waals surface area contributed by atoms with Gasteiger partial charge in [-0.25, -0.2) is 4.68 Å². The fourth-order valence-corrected chi connectivity index (χ4v) is 2.53. The third-order valence-electron chi connectivity index (χ3n) is 3.70. The molecule has 1 aliphatic rings. The number of anilines is 1. The molecule has 1 aliphatic carbocycles. The molecule has 20 heavy (non-hydrogen) atoms. The van der Waals surface area contributed by atoms with E-state index in [2.05, 4.69) is 45.2 Å². The van der Waals surface area contributed by atoms with Crippen molar-refractivity contribution in [2.45, 2.75) is 38.4 Å². The summed E-state index contributed by atoms with van der Waals surface area (Å²) in [5.74, 6) is 0. The first-order chi connectivity index (χ1) is 9.54. The van der Waals surface area contributed by atoms with Gasteiger partial charge in [-0.05, 0) is 42.7 Å². The summed E-state index contributed by atoms with van der Waals surface area (Å²) in [5, 5.41) is 16.2. The largest absolute Gasteiger partial charge is 0.394 e. The molecule has 112 valence electrons. The fourth-order valence-electron chi connectivity index (χ4n) is 2.09. The number of aliphatic hydroxyl groups excluding tert-OH is 1. The van der Waals surface area contributed by atoms with Crippen LogP contribution in [0.3, 0.4) is 0 Å². The topological polar surface area (TPSA) is 70.4 Å². The second-order valence-electron chi connectivity index (χ2n) is 5.25. The number of hydrogen-bond acceptors (Lipinski definition) is 5. The Bertz CT molecular complexity index is 516. The lowest BCUT2D eigenvalue weighted by Gasteiger charge is -2.25. The number of likely N-dealkylation sites (N-methyl/N-ethyl adjacent to an activating group) is 1. The Hall–Kier alpha value is -0.920. The minimum absolute atomic E-state index is 0.102. The van der Waals surface area contributed by atoms with Crippen molar-refractivity contribution in [3.05, 3.63) is 21.0 Å². The van der Waals surface area contributed by atoms with Gasteiger partial charge in [0.1, 0.15) is 4.47 Å². The first-order valence-corrected chi connectivity index (χ1v) is 7.66. The van der Waals surface area contributed by atoms with Gasteiger partial charge in [0.15, 0.2) is 0 Å². The zero-order valence-corrected chi connectivity index (χ0v) is 13.4. The van der Waals surface area contributed by atoms with Gasteiger partial charge in [-0.2, -0.15) is 5.10 Å². The van der Waals surface area contributed by atoms with Crippen molar-refractivity contribution in [3.8, 4) is 0 Å². The molecule has 1 atom stereocenters. The van der Waals surface area contributed by atoms with Crippen molar-refractivity contribution in [1.29, 1.82) is 0 Å². The quantitative estimate of drug-likeness (QED) is 0.768. The van der Waals surface area contributed by atoms with Crippen molar-refractivity contribution in [1.82, 2.24) is 14.7 Å². The lowest BCUT2D eigenvalue weighted by atomic mass is 10.3. The number of nitrogens with one attached hydrogen (secondary N) is 1. The molecule has 2 rings (SSSR count). The Balaban J connectivity index is 1.99. The van der Waals surface area contributed by atoms with Crippen LogP contribution in [0.1, 0.15) is 19.8 Å². The molecule has 0 amide bonds. The van der Waals surface area contributed by atoms with Crippen LogP contribution in [0.25, 0.3) is 0 Å². The monoisotopic (exact) mass is 344 g/mol. The van der Waals surface area contributed by atoms with E-state index in [-0.39, 0.29) is 18.7 Å². The number of rotatable bonds is 7. The standard InChI is InChI=1S/C13H21BrN4O2/c1-9(17(2)10-3-4-10)7-15-11-8-16-18(5-6-19)13(20)12(11)14/h8-10,15,19H,3-7H2,1-2H3. The van der Waals surface area contributed by atoms with Gasteiger partial charge in [-0.15, -0.1) is 0 Å². The van der Waals surface area contributed by atoms with Crippen LogP contribution in [0.4, 0.5) is 5.69 Å². The Morgan fingerprint density at radius 2 is 2.35 bits per heavy atom. The molecule has 0 bridgehead atoms. The summed E-state index contributed by atoms with van der Waals surface area (Å²) in [5.41, 5.74) is 0.465. The van der Waals surface area contributed by atoms with Crippen molar-refractivity contribution >= 4 is 21.6 Å².